The maximum absolute atomic E-state index is 12.7. The van der Waals surface area contributed by atoms with E-state index in [9.17, 15) is 4.79 Å². The highest BCUT2D eigenvalue weighted by Crippen LogP contribution is 2.31. The molecule has 1 atom stereocenters. The van der Waals surface area contributed by atoms with Crippen molar-refractivity contribution in [3.8, 4) is 10.7 Å². The van der Waals surface area contributed by atoms with E-state index in [1.807, 2.05) is 40.6 Å². The molecule has 1 aromatic carbocycles. The molecule has 1 amide bonds. The molecule has 1 aliphatic rings. The number of rotatable bonds is 3. The number of hydrogen-bond donors (Lipinski definition) is 0. The van der Waals surface area contributed by atoms with Gasteiger partial charge in [0.1, 0.15) is 6.54 Å². The Bertz CT molecular complexity index is 842. The number of para-hydroxylation sites is 1. The summed E-state index contributed by atoms with van der Waals surface area (Å²) in [7, 11) is 0. The van der Waals surface area contributed by atoms with Crippen molar-refractivity contribution >= 4 is 22.9 Å². The van der Waals surface area contributed by atoms with Crippen LogP contribution >= 0.6 is 11.3 Å². The van der Waals surface area contributed by atoms with Crippen LogP contribution in [0.4, 0.5) is 5.69 Å². The second-order valence-corrected chi connectivity index (χ2v) is 6.51. The van der Waals surface area contributed by atoms with Crippen molar-refractivity contribution in [2.45, 2.75) is 25.9 Å². The van der Waals surface area contributed by atoms with Crippen LogP contribution in [-0.2, 0) is 17.8 Å². The first-order valence-electron chi connectivity index (χ1n) is 7.44. The number of fused-ring (bicyclic) bond motifs is 1. The third-order valence-corrected chi connectivity index (χ3v) is 4.81. The Labute approximate surface area is 137 Å². The molecule has 0 saturated carbocycles. The second-order valence-electron chi connectivity index (χ2n) is 5.57. The van der Waals surface area contributed by atoms with E-state index in [2.05, 4.69) is 28.4 Å². The molecule has 3 aromatic rings. The molecule has 6 nitrogen and oxygen atoms in total. The van der Waals surface area contributed by atoms with Gasteiger partial charge in [-0.1, -0.05) is 24.3 Å². The van der Waals surface area contributed by atoms with Crippen LogP contribution in [-0.4, -0.2) is 32.2 Å². The van der Waals surface area contributed by atoms with E-state index in [0.29, 0.717) is 5.82 Å². The number of hydrogen-bond acceptors (Lipinski definition) is 5. The van der Waals surface area contributed by atoms with Gasteiger partial charge in [-0.3, -0.25) is 4.79 Å². The number of tetrazole rings is 1. The van der Waals surface area contributed by atoms with Gasteiger partial charge in [-0.15, -0.1) is 21.5 Å². The highest BCUT2D eigenvalue weighted by molar-refractivity contribution is 7.13. The predicted molar refractivity (Wildman–Crippen MR) is 88.2 cm³/mol. The van der Waals surface area contributed by atoms with Gasteiger partial charge < -0.3 is 4.90 Å². The van der Waals surface area contributed by atoms with Crippen LogP contribution < -0.4 is 4.90 Å². The summed E-state index contributed by atoms with van der Waals surface area (Å²) < 4.78 is 0. The monoisotopic (exact) mass is 325 g/mol. The molecule has 0 bridgehead atoms. The standard InChI is InChI=1S/C16H15N5OS/c1-11-9-12-5-2-3-6-13(12)21(11)15(22)10-20-18-16(17-19-20)14-7-4-8-23-14/h2-8,11H,9-10H2,1H3/t11-/m1/s1. The number of nitrogens with zero attached hydrogens (tertiary/aromatic N) is 5. The van der Waals surface area contributed by atoms with E-state index >= 15 is 0 Å². The summed E-state index contributed by atoms with van der Waals surface area (Å²) >= 11 is 1.55. The van der Waals surface area contributed by atoms with Gasteiger partial charge in [0, 0.05) is 11.7 Å². The molecule has 0 saturated heterocycles. The van der Waals surface area contributed by atoms with E-state index in [0.717, 1.165) is 17.0 Å². The summed E-state index contributed by atoms with van der Waals surface area (Å²) in [6.07, 6.45) is 0.882. The minimum absolute atomic E-state index is 0.0161. The fourth-order valence-electron chi connectivity index (χ4n) is 2.96. The Hall–Kier alpha value is -2.54. The number of benzene rings is 1. The smallest absolute Gasteiger partial charge is 0.250 e. The largest absolute Gasteiger partial charge is 0.307 e. The number of amides is 1. The molecule has 0 radical (unpaired) electrons. The van der Waals surface area contributed by atoms with Crippen LogP contribution in [0.1, 0.15) is 12.5 Å². The Kier molecular flexibility index (Phi) is 3.42. The predicted octanol–water partition coefficient (Wildman–Crippen LogP) is 2.38. The van der Waals surface area contributed by atoms with E-state index < -0.39 is 0 Å². The molecule has 2 aromatic heterocycles. The second kappa shape index (κ2) is 5.58. The first-order valence-corrected chi connectivity index (χ1v) is 8.32. The van der Waals surface area contributed by atoms with Gasteiger partial charge in [-0.2, -0.15) is 4.80 Å². The van der Waals surface area contributed by atoms with E-state index in [1.165, 1.54) is 10.4 Å². The number of anilines is 1. The van der Waals surface area contributed by atoms with Crippen molar-refractivity contribution in [3.05, 3.63) is 47.3 Å². The van der Waals surface area contributed by atoms with Crippen molar-refractivity contribution in [2.75, 3.05) is 4.90 Å². The lowest BCUT2D eigenvalue weighted by Crippen LogP contribution is -2.38. The summed E-state index contributed by atoms with van der Waals surface area (Å²) in [4.78, 5) is 16.8. The fraction of sp³-hybridized carbons (Fsp3) is 0.250. The molecule has 0 N–H and O–H groups in total. The van der Waals surface area contributed by atoms with Crippen molar-refractivity contribution < 1.29 is 4.79 Å². The van der Waals surface area contributed by atoms with Gasteiger partial charge in [0.2, 0.25) is 5.82 Å². The first kappa shape index (κ1) is 14.1. The summed E-state index contributed by atoms with van der Waals surface area (Å²) in [5, 5.41) is 14.3. The molecule has 23 heavy (non-hydrogen) atoms. The Morgan fingerprint density at radius 2 is 2.17 bits per heavy atom. The molecule has 0 aliphatic carbocycles. The lowest BCUT2D eigenvalue weighted by Gasteiger charge is -2.22. The van der Waals surface area contributed by atoms with Crippen LogP contribution in [0, 0.1) is 0 Å². The SMILES string of the molecule is C[C@@H]1Cc2ccccc2N1C(=O)Cn1nnc(-c2cccs2)n1. The van der Waals surface area contributed by atoms with Crippen molar-refractivity contribution in [3.63, 3.8) is 0 Å². The zero-order valence-electron chi connectivity index (χ0n) is 12.6. The highest BCUT2D eigenvalue weighted by atomic mass is 32.1. The molecule has 4 rings (SSSR count). The van der Waals surface area contributed by atoms with E-state index in [4.69, 9.17) is 0 Å². The number of carbonyl (C=O) groups is 1. The van der Waals surface area contributed by atoms with Crippen molar-refractivity contribution in [1.29, 1.82) is 0 Å². The molecule has 7 heteroatoms. The van der Waals surface area contributed by atoms with E-state index in [-0.39, 0.29) is 18.5 Å². The average Bonchev–Trinajstić information content (AvgIpc) is 3.25. The van der Waals surface area contributed by atoms with Gasteiger partial charge in [-0.25, -0.2) is 0 Å². The molecule has 3 heterocycles. The number of carbonyl (C=O) groups excluding carboxylic acids is 1. The first-order chi connectivity index (χ1) is 11.2. The van der Waals surface area contributed by atoms with Gasteiger partial charge in [-0.05, 0) is 41.6 Å². The van der Waals surface area contributed by atoms with Crippen LogP contribution in [0.3, 0.4) is 0 Å². The zero-order chi connectivity index (χ0) is 15.8. The van der Waals surface area contributed by atoms with Gasteiger partial charge in [0.15, 0.2) is 0 Å². The Morgan fingerprint density at radius 3 is 3.00 bits per heavy atom. The normalized spacial score (nSPS) is 16.6. The summed E-state index contributed by atoms with van der Waals surface area (Å²) in [5.41, 5.74) is 2.20. The van der Waals surface area contributed by atoms with Crippen LogP contribution in [0.2, 0.25) is 0 Å². The van der Waals surface area contributed by atoms with Crippen LogP contribution in [0.25, 0.3) is 10.7 Å². The maximum Gasteiger partial charge on any atom is 0.250 e. The highest BCUT2D eigenvalue weighted by Gasteiger charge is 2.30. The summed E-state index contributed by atoms with van der Waals surface area (Å²) in [6.45, 7) is 2.15. The van der Waals surface area contributed by atoms with Gasteiger partial charge >= 0.3 is 0 Å². The van der Waals surface area contributed by atoms with Crippen molar-refractivity contribution in [1.82, 2.24) is 20.2 Å². The minimum Gasteiger partial charge on any atom is -0.307 e. The third-order valence-electron chi connectivity index (χ3n) is 3.95. The molecule has 116 valence electrons. The van der Waals surface area contributed by atoms with E-state index in [1.54, 1.807) is 11.3 Å². The Balaban J connectivity index is 1.55. The third kappa shape index (κ3) is 2.53. The Morgan fingerprint density at radius 1 is 1.30 bits per heavy atom. The number of thiophene rings is 1. The van der Waals surface area contributed by atoms with Crippen LogP contribution in [0.5, 0.6) is 0 Å². The molecule has 0 fully saturated rings. The number of aromatic nitrogens is 4. The van der Waals surface area contributed by atoms with Crippen molar-refractivity contribution in [2.24, 2.45) is 0 Å². The lowest BCUT2D eigenvalue weighted by atomic mass is 10.1. The fourth-order valence-corrected chi connectivity index (χ4v) is 3.61. The molecule has 1 aliphatic heterocycles. The molecular formula is C16H15N5OS. The summed E-state index contributed by atoms with van der Waals surface area (Å²) in [6, 6.07) is 12.1. The zero-order valence-corrected chi connectivity index (χ0v) is 13.4. The van der Waals surface area contributed by atoms with Gasteiger partial charge in [0.25, 0.3) is 5.91 Å². The van der Waals surface area contributed by atoms with Gasteiger partial charge in [0.05, 0.1) is 4.88 Å². The molecular weight excluding hydrogens is 310 g/mol. The van der Waals surface area contributed by atoms with Crippen LogP contribution in [0.15, 0.2) is 41.8 Å². The topological polar surface area (TPSA) is 63.9 Å². The minimum atomic E-state index is -0.0161. The molecule has 0 spiro atoms. The quantitative estimate of drug-likeness (QED) is 0.742. The average molecular weight is 325 g/mol. The summed E-state index contributed by atoms with van der Waals surface area (Å²) in [5.74, 6) is 0.542. The molecule has 0 unspecified atom stereocenters. The maximum atomic E-state index is 12.7. The lowest BCUT2D eigenvalue weighted by molar-refractivity contribution is -0.119.